The number of hydrazine groups is 1. The van der Waals surface area contributed by atoms with E-state index in [0.717, 1.165) is 4.31 Å². The standard InChI is InChI=1S/C13H15ClN4O4S/c1-2-23(20,21)18(11-5-3-4-9(14)6-11)8-10-7-12(22-17-10)13(19)16-15/h3-7H,2,8,15H2,1H3,(H,16,19). The second kappa shape index (κ2) is 6.99. The van der Waals surface area contributed by atoms with Crippen molar-refractivity contribution >= 4 is 33.2 Å². The van der Waals surface area contributed by atoms with Gasteiger partial charge in [-0.3, -0.25) is 14.5 Å². The van der Waals surface area contributed by atoms with E-state index in [0.29, 0.717) is 10.7 Å². The lowest BCUT2D eigenvalue weighted by Crippen LogP contribution is -2.32. The van der Waals surface area contributed by atoms with Gasteiger partial charge in [-0.1, -0.05) is 22.8 Å². The maximum absolute atomic E-state index is 12.3. The lowest BCUT2D eigenvalue weighted by molar-refractivity contribution is 0.0916. The second-order valence-electron chi connectivity index (χ2n) is 4.54. The number of nitrogens with two attached hydrogens (primary N) is 1. The minimum Gasteiger partial charge on any atom is -0.351 e. The van der Waals surface area contributed by atoms with Crippen molar-refractivity contribution in [2.45, 2.75) is 13.5 Å². The number of carbonyl (C=O) groups is 1. The second-order valence-corrected chi connectivity index (χ2v) is 7.16. The number of amides is 1. The predicted molar refractivity (Wildman–Crippen MR) is 85.3 cm³/mol. The average Bonchev–Trinajstić information content (AvgIpc) is 3.00. The van der Waals surface area contributed by atoms with Crippen molar-refractivity contribution < 1.29 is 17.7 Å². The van der Waals surface area contributed by atoms with E-state index in [1.165, 1.54) is 19.1 Å². The van der Waals surface area contributed by atoms with E-state index in [1.54, 1.807) is 18.2 Å². The first-order valence-electron chi connectivity index (χ1n) is 6.60. The molecule has 2 rings (SSSR count). The van der Waals surface area contributed by atoms with Gasteiger partial charge in [-0.25, -0.2) is 14.3 Å². The Labute approximate surface area is 138 Å². The zero-order valence-corrected chi connectivity index (χ0v) is 13.8. The molecule has 0 bridgehead atoms. The van der Waals surface area contributed by atoms with Crippen molar-refractivity contribution in [1.82, 2.24) is 10.6 Å². The van der Waals surface area contributed by atoms with Crippen LogP contribution in [0.4, 0.5) is 5.69 Å². The van der Waals surface area contributed by atoms with Crippen LogP contribution in [0.25, 0.3) is 0 Å². The molecule has 3 N–H and O–H groups in total. The molecule has 0 atom stereocenters. The molecule has 0 aliphatic rings. The summed E-state index contributed by atoms with van der Waals surface area (Å²) in [4.78, 5) is 11.4. The summed E-state index contributed by atoms with van der Waals surface area (Å²) in [5, 5.41) is 4.10. The highest BCUT2D eigenvalue weighted by atomic mass is 35.5. The third kappa shape index (κ3) is 4.01. The van der Waals surface area contributed by atoms with Crippen LogP contribution >= 0.6 is 11.6 Å². The lowest BCUT2D eigenvalue weighted by Gasteiger charge is -2.22. The van der Waals surface area contributed by atoms with E-state index in [2.05, 4.69) is 5.16 Å². The molecule has 0 fully saturated rings. The molecule has 0 saturated heterocycles. The molecule has 8 nitrogen and oxygen atoms in total. The molecule has 0 unspecified atom stereocenters. The Morgan fingerprint density at radius 2 is 2.17 bits per heavy atom. The van der Waals surface area contributed by atoms with Crippen LogP contribution in [0.5, 0.6) is 0 Å². The van der Waals surface area contributed by atoms with Gasteiger partial charge in [0.05, 0.1) is 18.0 Å². The van der Waals surface area contributed by atoms with Crippen molar-refractivity contribution in [3.8, 4) is 0 Å². The number of benzene rings is 1. The van der Waals surface area contributed by atoms with Crippen LogP contribution in [0, 0.1) is 0 Å². The van der Waals surface area contributed by atoms with Gasteiger partial charge in [0.25, 0.3) is 0 Å². The molecule has 1 aromatic carbocycles. The molecular weight excluding hydrogens is 344 g/mol. The zero-order chi connectivity index (χ0) is 17.0. The zero-order valence-electron chi connectivity index (χ0n) is 12.2. The van der Waals surface area contributed by atoms with Gasteiger partial charge in [-0.2, -0.15) is 0 Å². The van der Waals surface area contributed by atoms with E-state index in [1.807, 2.05) is 5.43 Å². The minimum absolute atomic E-state index is 0.0993. The minimum atomic E-state index is -3.58. The molecule has 23 heavy (non-hydrogen) atoms. The molecule has 0 spiro atoms. The highest BCUT2D eigenvalue weighted by molar-refractivity contribution is 7.92. The van der Waals surface area contributed by atoms with Gasteiger partial charge in [-0.15, -0.1) is 0 Å². The number of nitrogen functional groups attached to an aromatic ring is 1. The molecule has 1 aromatic heterocycles. The lowest BCUT2D eigenvalue weighted by atomic mass is 10.3. The van der Waals surface area contributed by atoms with Crippen LogP contribution in [0.1, 0.15) is 23.2 Å². The monoisotopic (exact) mass is 358 g/mol. The molecule has 2 aromatic rings. The topological polar surface area (TPSA) is 119 Å². The molecule has 1 amide bonds. The van der Waals surface area contributed by atoms with E-state index >= 15 is 0 Å². The SMILES string of the molecule is CCS(=O)(=O)N(Cc1cc(C(=O)NN)on1)c1cccc(Cl)c1. The van der Waals surface area contributed by atoms with Crippen LogP contribution in [-0.4, -0.2) is 25.2 Å². The van der Waals surface area contributed by atoms with E-state index in [4.69, 9.17) is 22.0 Å². The number of anilines is 1. The van der Waals surface area contributed by atoms with Crippen LogP contribution in [0.3, 0.4) is 0 Å². The van der Waals surface area contributed by atoms with Crippen LogP contribution in [0.2, 0.25) is 5.02 Å². The number of aromatic nitrogens is 1. The number of hydrogen-bond donors (Lipinski definition) is 2. The summed E-state index contributed by atoms with van der Waals surface area (Å²) in [6, 6.07) is 7.76. The van der Waals surface area contributed by atoms with E-state index in [-0.39, 0.29) is 23.8 Å². The summed E-state index contributed by atoms with van der Waals surface area (Å²) in [5.41, 5.74) is 2.57. The fourth-order valence-electron chi connectivity index (χ4n) is 1.85. The molecule has 10 heteroatoms. The number of carbonyl (C=O) groups excluding carboxylic acids is 1. The summed E-state index contributed by atoms with van der Waals surface area (Å²) >= 11 is 5.93. The number of halogens is 1. The molecule has 0 saturated carbocycles. The smallest absolute Gasteiger partial charge is 0.303 e. The van der Waals surface area contributed by atoms with E-state index < -0.39 is 15.9 Å². The number of nitrogens with zero attached hydrogens (tertiary/aromatic N) is 2. The molecule has 1 heterocycles. The highest BCUT2D eigenvalue weighted by Gasteiger charge is 2.23. The Morgan fingerprint density at radius 3 is 2.78 bits per heavy atom. The highest BCUT2D eigenvalue weighted by Crippen LogP contribution is 2.24. The van der Waals surface area contributed by atoms with E-state index in [9.17, 15) is 13.2 Å². The third-order valence-corrected chi connectivity index (χ3v) is 4.99. The normalized spacial score (nSPS) is 11.3. The average molecular weight is 359 g/mol. The third-order valence-electron chi connectivity index (χ3n) is 3.02. The molecule has 124 valence electrons. The Hall–Kier alpha value is -2.10. The first-order valence-corrected chi connectivity index (χ1v) is 8.58. The molecular formula is C13H15ClN4O4S. The number of sulfonamides is 1. The van der Waals surface area contributed by atoms with Crippen molar-refractivity contribution in [1.29, 1.82) is 0 Å². The molecule has 0 radical (unpaired) electrons. The first kappa shape index (κ1) is 17.3. The summed E-state index contributed by atoms with van der Waals surface area (Å²) in [7, 11) is -3.58. The van der Waals surface area contributed by atoms with Crippen molar-refractivity contribution in [2.24, 2.45) is 5.84 Å². The molecule has 0 aliphatic carbocycles. The number of hydrogen-bond acceptors (Lipinski definition) is 6. The number of nitrogens with one attached hydrogen (secondary N) is 1. The van der Waals surface area contributed by atoms with Crippen LogP contribution < -0.4 is 15.6 Å². The van der Waals surface area contributed by atoms with Gasteiger partial charge in [0.1, 0.15) is 5.69 Å². The molecule has 0 aliphatic heterocycles. The summed E-state index contributed by atoms with van der Waals surface area (Å²) in [6.45, 7) is 1.43. The quantitative estimate of drug-likeness (QED) is 0.456. The van der Waals surface area contributed by atoms with Gasteiger partial charge in [-0.05, 0) is 25.1 Å². The Bertz CT molecular complexity index is 806. The van der Waals surface area contributed by atoms with Crippen molar-refractivity contribution in [2.75, 3.05) is 10.1 Å². The van der Waals surface area contributed by atoms with Gasteiger partial charge in [0, 0.05) is 11.1 Å². The first-order chi connectivity index (χ1) is 10.9. The maximum Gasteiger partial charge on any atom is 0.303 e. The summed E-state index contributed by atoms with van der Waals surface area (Å²) in [6.07, 6.45) is 0. The van der Waals surface area contributed by atoms with Gasteiger partial charge >= 0.3 is 5.91 Å². The fourth-order valence-corrected chi connectivity index (χ4v) is 3.11. The van der Waals surface area contributed by atoms with Crippen molar-refractivity contribution in [3.05, 3.63) is 46.8 Å². The van der Waals surface area contributed by atoms with Gasteiger partial charge in [0.15, 0.2) is 0 Å². The largest absolute Gasteiger partial charge is 0.351 e. The predicted octanol–water partition coefficient (Wildman–Crippen LogP) is 1.29. The Kier molecular flexibility index (Phi) is 5.24. The summed E-state index contributed by atoms with van der Waals surface area (Å²) in [5.74, 6) is 4.14. The van der Waals surface area contributed by atoms with Crippen LogP contribution in [0.15, 0.2) is 34.9 Å². The Morgan fingerprint density at radius 1 is 1.43 bits per heavy atom. The van der Waals surface area contributed by atoms with Crippen molar-refractivity contribution in [3.63, 3.8) is 0 Å². The van der Waals surface area contributed by atoms with Crippen LogP contribution in [-0.2, 0) is 16.6 Å². The fraction of sp³-hybridized carbons (Fsp3) is 0.231. The Balaban J connectivity index is 2.36. The van der Waals surface area contributed by atoms with Gasteiger partial charge < -0.3 is 4.52 Å². The number of rotatable bonds is 6. The maximum atomic E-state index is 12.3. The summed E-state index contributed by atoms with van der Waals surface area (Å²) < 4.78 is 30.7. The van der Waals surface area contributed by atoms with Gasteiger partial charge in [0.2, 0.25) is 15.8 Å².